The van der Waals surface area contributed by atoms with Gasteiger partial charge in [-0.2, -0.15) is 5.10 Å². The number of nitrogens with zero attached hydrogens (tertiary/aromatic N) is 5. The van der Waals surface area contributed by atoms with Gasteiger partial charge in [-0.3, -0.25) is 4.68 Å². The van der Waals surface area contributed by atoms with Gasteiger partial charge in [0.1, 0.15) is 24.1 Å². The number of hydrogen-bond acceptors (Lipinski definition) is 6. The molecule has 0 spiro atoms. The number of halogens is 2. The van der Waals surface area contributed by atoms with Crippen LogP contribution in [-0.4, -0.2) is 48.1 Å². The number of benzene rings is 3. The second kappa shape index (κ2) is 11.2. The summed E-state index contributed by atoms with van der Waals surface area (Å²) in [6, 6.07) is 17.8. The molecular formula is C33H27F2N5O4. The van der Waals surface area contributed by atoms with Crippen LogP contribution in [0.3, 0.4) is 0 Å². The van der Waals surface area contributed by atoms with Crippen molar-refractivity contribution in [2.75, 3.05) is 6.61 Å². The lowest BCUT2D eigenvalue weighted by molar-refractivity contribution is -0.0589. The lowest BCUT2D eigenvalue weighted by Gasteiger charge is -2.27. The predicted octanol–water partition coefficient (Wildman–Crippen LogP) is 5.92. The van der Waals surface area contributed by atoms with Gasteiger partial charge in [0.25, 0.3) is 0 Å². The molecule has 1 atom stereocenters. The average molecular weight is 596 g/mol. The molecule has 0 bridgehead atoms. The molecule has 1 aliphatic rings. The zero-order valence-electron chi connectivity index (χ0n) is 23.7. The minimum Gasteiger partial charge on any atom is -0.478 e. The molecule has 1 aliphatic heterocycles. The molecule has 4 heterocycles. The number of carboxylic acids is 1. The Bertz CT molecular complexity index is 2050. The topological polar surface area (TPSA) is 104 Å². The molecule has 3 aromatic carbocycles. The van der Waals surface area contributed by atoms with Gasteiger partial charge in [0.2, 0.25) is 5.88 Å². The highest BCUT2D eigenvalue weighted by molar-refractivity contribution is 5.92. The number of hydrogen-bond donors (Lipinski definition) is 1. The SMILES string of the molecule is Cn1ncc2ccc(COc3cccc(-c4cc(F)c(Cc5nc6ccc(C(=O)O)cc6n5C[C@@H]5CCO5)cc4F)n3)cc21. The standard InChI is InChI=1S/C33H27F2N5O4/c1-39-29-11-19(5-6-21(29)16-36-39)18-44-32-4-2-3-27(38-32)24-15-25(34)22(12-26(24)35)14-31-37-28-8-7-20(33(41)42)13-30(28)40(31)17-23-9-10-43-23/h2-8,11-13,15-16,23H,9-10,14,17-18H2,1H3,(H,41,42)/t23-/m0/s1. The highest BCUT2D eigenvalue weighted by Gasteiger charge is 2.23. The Morgan fingerprint density at radius 1 is 1.05 bits per heavy atom. The van der Waals surface area contributed by atoms with Crippen LogP contribution in [0, 0.1) is 11.6 Å². The molecule has 1 fully saturated rings. The third-order valence-corrected chi connectivity index (χ3v) is 7.94. The summed E-state index contributed by atoms with van der Waals surface area (Å²) in [6.07, 6.45) is 2.60. The summed E-state index contributed by atoms with van der Waals surface area (Å²) < 4.78 is 46.1. The zero-order chi connectivity index (χ0) is 30.4. The smallest absolute Gasteiger partial charge is 0.335 e. The fourth-order valence-corrected chi connectivity index (χ4v) is 5.45. The van der Waals surface area contributed by atoms with Crippen LogP contribution < -0.4 is 4.74 Å². The van der Waals surface area contributed by atoms with E-state index in [4.69, 9.17) is 9.47 Å². The van der Waals surface area contributed by atoms with E-state index in [0.29, 0.717) is 30.0 Å². The number of carboxylic acid groups (broad SMARTS) is 1. The molecule has 1 saturated heterocycles. The second-order valence-corrected chi connectivity index (χ2v) is 10.8. The van der Waals surface area contributed by atoms with Crippen molar-refractivity contribution in [3.63, 3.8) is 0 Å². The van der Waals surface area contributed by atoms with Crippen molar-refractivity contribution in [3.8, 4) is 17.1 Å². The van der Waals surface area contributed by atoms with Crippen LogP contribution in [0.25, 0.3) is 33.2 Å². The first kappa shape index (κ1) is 27.7. The normalized spacial score (nSPS) is 14.7. The first-order chi connectivity index (χ1) is 21.3. The molecule has 7 rings (SSSR count). The molecule has 0 aliphatic carbocycles. The van der Waals surface area contributed by atoms with E-state index < -0.39 is 17.6 Å². The Morgan fingerprint density at radius 3 is 2.70 bits per heavy atom. The monoisotopic (exact) mass is 595 g/mol. The lowest BCUT2D eigenvalue weighted by atomic mass is 10.0. The van der Waals surface area contributed by atoms with Crippen LogP contribution in [0.4, 0.5) is 8.78 Å². The maximum Gasteiger partial charge on any atom is 0.335 e. The quantitative estimate of drug-likeness (QED) is 0.221. The second-order valence-electron chi connectivity index (χ2n) is 10.8. The lowest BCUT2D eigenvalue weighted by Crippen LogP contribution is -2.31. The van der Waals surface area contributed by atoms with E-state index in [9.17, 15) is 9.90 Å². The molecule has 6 aromatic rings. The molecule has 0 unspecified atom stereocenters. The van der Waals surface area contributed by atoms with Crippen LogP contribution >= 0.6 is 0 Å². The number of carbonyl (C=O) groups is 1. The van der Waals surface area contributed by atoms with Crippen molar-refractivity contribution in [3.05, 3.63) is 107 Å². The van der Waals surface area contributed by atoms with Crippen molar-refractivity contribution in [2.24, 2.45) is 7.05 Å². The molecule has 1 N–H and O–H groups in total. The highest BCUT2D eigenvalue weighted by atomic mass is 19.1. The molecule has 44 heavy (non-hydrogen) atoms. The number of ether oxygens (including phenoxy) is 2. The van der Waals surface area contributed by atoms with Crippen molar-refractivity contribution in [2.45, 2.75) is 32.1 Å². The van der Waals surface area contributed by atoms with Gasteiger partial charge in [-0.15, -0.1) is 0 Å². The predicted molar refractivity (Wildman–Crippen MR) is 158 cm³/mol. The van der Waals surface area contributed by atoms with E-state index in [2.05, 4.69) is 15.1 Å². The molecule has 0 radical (unpaired) electrons. The van der Waals surface area contributed by atoms with Gasteiger partial charge >= 0.3 is 5.97 Å². The van der Waals surface area contributed by atoms with Crippen LogP contribution in [0.1, 0.15) is 33.7 Å². The number of imidazole rings is 1. The first-order valence-corrected chi connectivity index (χ1v) is 14.2. The van der Waals surface area contributed by atoms with Gasteiger partial charge < -0.3 is 19.1 Å². The van der Waals surface area contributed by atoms with Gasteiger partial charge in [0.15, 0.2) is 0 Å². The Kier molecular flexibility index (Phi) is 7.01. The van der Waals surface area contributed by atoms with Crippen LogP contribution in [0.2, 0.25) is 0 Å². The van der Waals surface area contributed by atoms with Crippen LogP contribution in [0.15, 0.2) is 72.9 Å². The minimum atomic E-state index is -1.06. The summed E-state index contributed by atoms with van der Waals surface area (Å²) in [5.74, 6) is -1.53. The maximum atomic E-state index is 15.5. The summed E-state index contributed by atoms with van der Waals surface area (Å²) >= 11 is 0. The van der Waals surface area contributed by atoms with Crippen molar-refractivity contribution >= 4 is 27.9 Å². The van der Waals surface area contributed by atoms with E-state index in [1.807, 2.05) is 29.8 Å². The molecule has 3 aromatic heterocycles. The Hall–Kier alpha value is -5.16. The van der Waals surface area contributed by atoms with Crippen molar-refractivity contribution in [1.29, 1.82) is 0 Å². The number of pyridine rings is 1. The fraction of sp³-hybridized carbons (Fsp3) is 0.212. The fourth-order valence-electron chi connectivity index (χ4n) is 5.45. The van der Waals surface area contributed by atoms with E-state index >= 15 is 8.78 Å². The Morgan fingerprint density at radius 2 is 1.91 bits per heavy atom. The molecule has 9 nitrogen and oxygen atoms in total. The average Bonchev–Trinajstić information content (AvgIpc) is 3.54. The van der Waals surface area contributed by atoms with Gasteiger partial charge in [-0.1, -0.05) is 18.2 Å². The van der Waals surface area contributed by atoms with Gasteiger partial charge in [-0.25, -0.2) is 23.5 Å². The van der Waals surface area contributed by atoms with Gasteiger partial charge in [-0.05, 0) is 60.0 Å². The third kappa shape index (κ3) is 5.26. The largest absolute Gasteiger partial charge is 0.478 e. The molecule has 11 heteroatoms. The first-order valence-electron chi connectivity index (χ1n) is 14.2. The minimum absolute atomic E-state index is 0.00439. The number of rotatable bonds is 9. The zero-order valence-corrected chi connectivity index (χ0v) is 23.7. The van der Waals surface area contributed by atoms with E-state index in [1.54, 1.807) is 41.2 Å². The molecule has 0 saturated carbocycles. The van der Waals surface area contributed by atoms with E-state index in [1.165, 1.54) is 6.07 Å². The van der Waals surface area contributed by atoms with E-state index in [-0.39, 0.29) is 47.4 Å². The summed E-state index contributed by atoms with van der Waals surface area (Å²) in [5, 5.41) is 14.8. The number of aryl methyl sites for hydroxylation is 1. The summed E-state index contributed by atoms with van der Waals surface area (Å²) in [7, 11) is 1.87. The van der Waals surface area contributed by atoms with Gasteiger partial charge in [0.05, 0.1) is 46.7 Å². The molecule has 222 valence electrons. The Labute approximate surface area is 250 Å². The summed E-state index contributed by atoms with van der Waals surface area (Å²) in [5.41, 5.74) is 3.56. The maximum absolute atomic E-state index is 15.5. The number of aromatic nitrogens is 5. The van der Waals surface area contributed by atoms with Gasteiger partial charge in [0, 0.05) is 37.1 Å². The highest BCUT2D eigenvalue weighted by Crippen LogP contribution is 2.29. The van der Waals surface area contributed by atoms with E-state index in [0.717, 1.165) is 35.0 Å². The summed E-state index contributed by atoms with van der Waals surface area (Å²) in [6.45, 7) is 1.33. The summed E-state index contributed by atoms with van der Waals surface area (Å²) in [4.78, 5) is 20.7. The van der Waals surface area contributed by atoms with Crippen LogP contribution in [0.5, 0.6) is 5.88 Å². The Balaban J connectivity index is 1.14. The van der Waals surface area contributed by atoms with Crippen molar-refractivity contribution < 1.29 is 28.2 Å². The number of fused-ring (bicyclic) bond motifs is 2. The number of aromatic carboxylic acids is 1. The molecular weight excluding hydrogens is 568 g/mol. The molecule has 0 amide bonds. The van der Waals surface area contributed by atoms with Crippen molar-refractivity contribution in [1.82, 2.24) is 24.3 Å². The third-order valence-electron chi connectivity index (χ3n) is 7.94. The van der Waals surface area contributed by atoms with Crippen LogP contribution in [-0.2, 0) is 31.4 Å².